The highest BCUT2D eigenvalue weighted by molar-refractivity contribution is 9.10. The number of hydrogen-bond acceptors (Lipinski definition) is 1. The number of carbonyl (C=O) groups is 1. The van der Waals surface area contributed by atoms with Crippen molar-refractivity contribution in [2.75, 3.05) is 0 Å². The molecule has 1 aliphatic rings. The molecule has 0 bridgehead atoms. The van der Waals surface area contributed by atoms with Crippen molar-refractivity contribution >= 4 is 33.4 Å². The van der Waals surface area contributed by atoms with Gasteiger partial charge in [0.05, 0.1) is 0 Å². The summed E-state index contributed by atoms with van der Waals surface area (Å²) in [6.45, 7) is 4.55. The fraction of sp³-hybridized carbons (Fsp3) is 0.533. The minimum absolute atomic E-state index is 0.0325. The maximum Gasteiger partial charge on any atom is 0.251 e. The summed E-state index contributed by atoms with van der Waals surface area (Å²) < 4.78 is 0.829. The third-order valence-corrected chi connectivity index (χ3v) is 4.73. The molecule has 0 heterocycles. The molecule has 1 amide bonds. The minimum atomic E-state index is -0.0325. The van der Waals surface area contributed by atoms with E-state index in [-0.39, 0.29) is 11.9 Å². The molecule has 1 fully saturated rings. The van der Waals surface area contributed by atoms with Crippen LogP contribution in [-0.4, -0.2) is 11.9 Å². The SMILES string of the molecule is CC1CCC(NC(=O)c2cc(Cl)cc(Br)c2)CC1C. The van der Waals surface area contributed by atoms with Crippen LogP contribution in [0.2, 0.25) is 5.02 Å². The van der Waals surface area contributed by atoms with Gasteiger partial charge in [-0.05, 0) is 49.3 Å². The number of benzene rings is 1. The second kappa shape index (κ2) is 6.27. The van der Waals surface area contributed by atoms with Crippen LogP contribution in [0.4, 0.5) is 0 Å². The third-order valence-electron chi connectivity index (χ3n) is 4.06. The molecule has 19 heavy (non-hydrogen) atoms. The van der Waals surface area contributed by atoms with E-state index in [1.165, 1.54) is 6.42 Å². The van der Waals surface area contributed by atoms with E-state index < -0.39 is 0 Å². The van der Waals surface area contributed by atoms with Crippen LogP contribution in [0.5, 0.6) is 0 Å². The van der Waals surface area contributed by atoms with E-state index in [4.69, 9.17) is 11.6 Å². The van der Waals surface area contributed by atoms with Gasteiger partial charge in [-0.3, -0.25) is 4.79 Å². The molecular formula is C15H19BrClNO. The van der Waals surface area contributed by atoms with Gasteiger partial charge < -0.3 is 5.32 Å². The summed E-state index contributed by atoms with van der Waals surface area (Å²) in [5, 5.41) is 3.70. The molecule has 4 heteroatoms. The smallest absolute Gasteiger partial charge is 0.251 e. The van der Waals surface area contributed by atoms with E-state index >= 15 is 0 Å². The lowest BCUT2D eigenvalue weighted by atomic mass is 9.79. The van der Waals surface area contributed by atoms with Gasteiger partial charge in [0.2, 0.25) is 0 Å². The zero-order chi connectivity index (χ0) is 14.0. The molecule has 0 saturated heterocycles. The summed E-state index contributed by atoms with van der Waals surface area (Å²) in [4.78, 5) is 12.2. The van der Waals surface area contributed by atoms with Crippen LogP contribution in [0.1, 0.15) is 43.5 Å². The molecule has 2 nitrogen and oxygen atoms in total. The van der Waals surface area contributed by atoms with Crippen molar-refractivity contribution in [2.45, 2.75) is 39.2 Å². The molecule has 0 aromatic heterocycles. The Hall–Kier alpha value is -0.540. The van der Waals surface area contributed by atoms with Gasteiger partial charge in [0.25, 0.3) is 5.91 Å². The summed E-state index contributed by atoms with van der Waals surface area (Å²) in [6.07, 6.45) is 3.32. The second-order valence-corrected chi connectivity index (χ2v) is 6.95. The van der Waals surface area contributed by atoms with Gasteiger partial charge >= 0.3 is 0 Å². The fourth-order valence-corrected chi connectivity index (χ4v) is 3.49. The molecule has 0 radical (unpaired) electrons. The van der Waals surface area contributed by atoms with E-state index in [1.807, 2.05) is 0 Å². The Balaban J connectivity index is 2.01. The summed E-state index contributed by atoms with van der Waals surface area (Å²) >= 11 is 9.33. The van der Waals surface area contributed by atoms with E-state index in [2.05, 4.69) is 35.1 Å². The average molecular weight is 345 g/mol. The summed E-state index contributed by atoms with van der Waals surface area (Å²) in [5.74, 6) is 1.40. The fourth-order valence-electron chi connectivity index (χ4n) is 2.63. The molecule has 1 saturated carbocycles. The number of nitrogens with one attached hydrogen (secondary N) is 1. The van der Waals surface area contributed by atoms with Crippen LogP contribution in [0.25, 0.3) is 0 Å². The number of rotatable bonds is 2. The summed E-state index contributed by atoms with van der Waals surface area (Å²) in [5.41, 5.74) is 0.616. The van der Waals surface area contributed by atoms with Crippen molar-refractivity contribution in [1.29, 1.82) is 0 Å². The van der Waals surface area contributed by atoms with Crippen molar-refractivity contribution in [3.8, 4) is 0 Å². The Kier molecular flexibility index (Phi) is 4.91. The van der Waals surface area contributed by atoms with Crippen LogP contribution in [-0.2, 0) is 0 Å². The Morgan fingerprint density at radius 1 is 1.26 bits per heavy atom. The van der Waals surface area contributed by atoms with Gasteiger partial charge in [-0.2, -0.15) is 0 Å². The van der Waals surface area contributed by atoms with E-state index in [0.717, 1.165) is 23.2 Å². The van der Waals surface area contributed by atoms with Gasteiger partial charge in [-0.25, -0.2) is 0 Å². The zero-order valence-corrected chi connectivity index (χ0v) is 13.6. The Labute approximate surface area is 128 Å². The molecule has 1 aromatic rings. The highest BCUT2D eigenvalue weighted by Gasteiger charge is 2.25. The van der Waals surface area contributed by atoms with Gasteiger partial charge in [-0.1, -0.05) is 41.4 Å². The van der Waals surface area contributed by atoms with Gasteiger partial charge in [-0.15, -0.1) is 0 Å². The Morgan fingerprint density at radius 2 is 2.00 bits per heavy atom. The van der Waals surface area contributed by atoms with Crippen molar-refractivity contribution in [2.24, 2.45) is 11.8 Å². The number of halogens is 2. The van der Waals surface area contributed by atoms with Gasteiger partial charge in [0.1, 0.15) is 0 Å². The van der Waals surface area contributed by atoms with Gasteiger partial charge in [0, 0.05) is 21.1 Å². The number of hydrogen-bond donors (Lipinski definition) is 1. The van der Waals surface area contributed by atoms with Gasteiger partial charge in [0.15, 0.2) is 0 Å². The lowest BCUT2D eigenvalue weighted by Gasteiger charge is -2.32. The molecular weight excluding hydrogens is 326 g/mol. The highest BCUT2D eigenvalue weighted by Crippen LogP contribution is 2.29. The molecule has 0 spiro atoms. The van der Waals surface area contributed by atoms with Crippen molar-refractivity contribution in [3.63, 3.8) is 0 Å². The lowest BCUT2D eigenvalue weighted by Crippen LogP contribution is -2.39. The second-order valence-electron chi connectivity index (χ2n) is 5.60. The summed E-state index contributed by atoms with van der Waals surface area (Å²) in [7, 11) is 0. The van der Waals surface area contributed by atoms with E-state index in [9.17, 15) is 4.79 Å². The maximum atomic E-state index is 12.2. The number of carbonyl (C=O) groups excluding carboxylic acids is 1. The van der Waals surface area contributed by atoms with Crippen LogP contribution < -0.4 is 5.32 Å². The first-order valence-electron chi connectivity index (χ1n) is 6.72. The van der Waals surface area contributed by atoms with Crippen molar-refractivity contribution < 1.29 is 4.79 Å². The molecule has 1 N–H and O–H groups in total. The zero-order valence-electron chi connectivity index (χ0n) is 11.2. The predicted octanol–water partition coefficient (Wildman–Crippen LogP) is 4.66. The summed E-state index contributed by atoms with van der Waals surface area (Å²) in [6, 6.07) is 5.58. The first-order chi connectivity index (χ1) is 8.95. The van der Waals surface area contributed by atoms with E-state index in [0.29, 0.717) is 16.5 Å². The van der Waals surface area contributed by atoms with Crippen LogP contribution in [0, 0.1) is 11.8 Å². The monoisotopic (exact) mass is 343 g/mol. The first-order valence-corrected chi connectivity index (χ1v) is 7.89. The first kappa shape index (κ1) is 14.9. The highest BCUT2D eigenvalue weighted by atomic mass is 79.9. The molecule has 2 rings (SSSR count). The standard InChI is InChI=1S/C15H19BrClNO/c1-9-3-4-14(5-10(9)2)18-15(19)11-6-12(16)8-13(17)7-11/h6-10,14H,3-5H2,1-2H3,(H,18,19). The third kappa shape index (κ3) is 3.96. The minimum Gasteiger partial charge on any atom is -0.349 e. The topological polar surface area (TPSA) is 29.1 Å². The van der Waals surface area contributed by atoms with Crippen molar-refractivity contribution in [3.05, 3.63) is 33.3 Å². The molecule has 3 unspecified atom stereocenters. The predicted molar refractivity (Wildman–Crippen MR) is 82.6 cm³/mol. The lowest BCUT2D eigenvalue weighted by molar-refractivity contribution is 0.0910. The molecule has 3 atom stereocenters. The van der Waals surface area contributed by atoms with Crippen LogP contribution in [0.15, 0.2) is 22.7 Å². The molecule has 104 valence electrons. The quantitative estimate of drug-likeness (QED) is 0.831. The Bertz CT molecular complexity index is 457. The largest absolute Gasteiger partial charge is 0.349 e. The van der Waals surface area contributed by atoms with Crippen molar-refractivity contribution in [1.82, 2.24) is 5.32 Å². The molecule has 1 aromatic carbocycles. The number of amides is 1. The maximum absolute atomic E-state index is 12.2. The van der Waals surface area contributed by atoms with E-state index in [1.54, 1.807) is 18.2 Å². The average Bonchev–Trinajstić information content (AvgIpc) is 2.32. The van der Waals surface area contributed by atoms with Crippen LogP contribution in [0.3, 0.4) is 0 Å². The van der Waals surface area contributed by atoms with Crippen LogP contribution >= 0.6 is 27.5 Å². The molecule has 1 aliphatic carbocycles. The molecule has 0 aliphatic heterocycles. The normalized spacial score (nSPS) is 27.1. The Morgan fingerprint density at radius 3 is 2.63 bits per heavy atom.